The topological polar surface area (TPSA) is 31.6 Å². The first-order chi connectivity index (χ1) is 9.08. The van der Waals surface area contributed by atoms with E-state index in [0.717, 1.165) is 44.2 Å². The zero-order valence-electron chi connectivity index (χ0n) is 12.6. The molecular weight excluding hydrogens is 238 g/mol. The normalized spacial score (nSPS) is 20.7. The molecule has 2 heterocycles. The second-order valence-electron chi connectivity index (χ2n) is 5.88. The van der Waals surface area contributed by atoms with E-state index in [1.54, 1.807) is 0 Å². The molecule has 2 unspecified atom stereocenters. The van der Waals surface area contributed by atoms with Crippen LogP contribution in [-0.2, 0) is 0 Å². The molecular formula is C15H27N3O. The minimum absolute atomic E-state index is 0.351. The van der Waals surface area contributed by atoms with Gasteiger partial charge in [0.2, 0.25) is 0 Å². The van der Waals surface area contributed by atoms with Crippen molar-refractivity contribution in [3.63, 3.8) is 0 Å². The van der Waals surface area contributed by atoms with Gasteiger partial charge in [0.1, 0.15) is 11.5 Å². The SMILES string of the molecule is Cc1ccc(C(C(C)CN2CCNCC2)N(C)C)o1. The number of hydrogen-bond acceptors (Lipinski definition) is 4. The number of hydrogen-bond donors (Lipinski definition) is 1. The Morgan fingerprint density at radius 3 is 2.53 bits per heavy atom. The molecule has 1 saturated heterocycles. The van der Waals surface area contributed by atoms with E-state index >= 15 is 0 Å². The number of nitrogens with zero attached hydrogens (tertiary/aromatic N) is 2. The predicted octanol–water partition coefficient (Wildman–Crippen LogP) is 1.73. The molecule has 108 valence electrons. The summed E-state index contributed by atoms with van der Waals surface area (Å²) in [6, 6.07) is 4.53. The number of nitrogens with one attached hydrogen (secondary N) is 1. The van der Waals surface area contributed by atoms with Gasteiger partial charge in [-0.3, -0.25) is 4.90 Å². The Kier molecular flexibility index (Phi) is 5.02. The Balaban J connectivity index is 2.01. The molecule has 2 rings (SSSR count). The molecule has 4 nitrogen and oxygen atoms in total. The van der Waals surface area contributed by atoms with Crippen molar-refractivity contribution in [3.05, 3.63) is 23.7 Å². The highest BCUT2D eigenvalue weighted by Gasteiger charge is 2.26. The first-order valence-corrected chi connectivity index (χ1v) is 7.23. The van der Waals surface area contributed by atoms with E-state index in [4.69, 9.17) is 4.42 Å². The van der Waals surface area contributed by atoms with Gasteiger partial charge in [-0.1, -0.05) is 6.92 Å². The van der Waals surface area contributed by atoms with Crippen LogP contribution in [-0.4, -0.2) is 56.6 Å². The Morgan fingerprint density at radius 2 is 2.00 bits per heavy atom. The maximum absolute atomic E-state index is 5.84. The number of aryl methyl sites for hydroxylation is 1. The lowest BCUT2D eigenvalue weighted by atomic mass is 9.97. The first kappa shape index (κ1) is 14.6. The second kappa shape index (κ2) is 6.55. The fourth-order valence-corrected chi connectivity index (χ4v) is 3.06. The summed E-state index contributed by atoms with van der Waals surface area (Å²) in [7, 11) is 4.27. The number of rotatable bonds is 5. The van der Waals surface area contributed by atoms with Gasteiger partial charge in [-0.05, 0) is 39.1 Å². The summed E-state index contributed by atoms with van der Waals surface area (Å²) in [6.07, 6.45) is 0. The van der Waals surface area contributed by atoms with E-state index in [0.29, 0.717) is 12.0 Å². The van der Waals surface area contributed by atoms with Crippen molar-refractivity contribution in [2.24, 2.45) is 5.92 Å². The summed E-state index contributed by atoms with van der Waals surface area (Å²) >= 11 is 0. The van der Waals surface area contributed by atoms with Crippen LogP contribution >= 0.6 is 0 Å². The summed E-state index contributed by atoms with van der Waals surface area (Å²) in [6.45, 7) is 9.99. The highest BCUT2D eigenvalue weighted by molar-refractivity contribution is 5.10. The van der Waals surface area contributed by atoms with Gasteiger partial charge >= 0.3 is 0 Å². The molecule has 4 heteroatoms. The van der Waals surface area contributed by atoms with Crippen LogP contribution < -0.4 is 5.32 Å². The van der Waals surface area contributed by atoms with Crippen LogP contribution in [0.25, 0.3) is 0 Å². The van der Waals surface area contributed by atoms with Crippen LogP contribution in [0.5, 0.6) is 0 Å². The van der Waals surface area contributed by atoms with Crippen LogP contribution in [0.4, 0.5) is 0 Å². The van der Waals surface area contributed by atoms with Gasteiger partial charge in [0.05, 0.1) is 6.04 Å². The number of furan rings is 1. The van der Waals surface area contributed by atoms with E-state index in [1.807, 2.05) is 6.92 Å². The van der Waals surface area contributed by atoms with Gasteiger partial charge in [0, 0.05) is 32.7 Å². The van der Waals surface area contributed by atoms with E-state index in [9.17, 15) is 0 Å². The van der Waals surface area contributed by atoms with Gasteiger partial charge in [-0.15, -0.1) is 0 Å². The van der Waals surface area contributed by atoms with Crippen LogP contribution in [0.2, 0.25) is 0 Å². The molecule has 0 aromatic carbocycles. The highest BCUT2D eigenvalue weighted by Crippen LogP contribution is 2.28. The minimum atomic E-state index is 0.351. The molecule has 0 spiro atoms. The van der Waals surface area contributed by atoms with Crippen molar-refractivity contribution < 1.29 is 4.42 Å². The third kappa shape index (κ3) is 3.81. The molecule has 1 fully saturated rings. The Hall–Kier alpha value is -0.840. The van der Waals surface area contributed by atoms with Crippen molar-refractivity contribution in [2.45, 2.75) is 19.9 Å². The van der Waals surface area contributed by atoms with Gasteiger partial charge in [-0.25, -0.2) is 0 Å². The first-order valence-electron chi connectivity index (χ1n) is 7.23. The molecule has 1 aromatic heterocycles. The average Bonchev–Trinajstić information content (AvgIpc) is 2.76. The predicted molar refractivity (Wildman–Crippen MR) is 78.3 cm³/mol. The van der Waals surface area contributed by atoms with Gasteiger partial charge in [0.15, 0.2) is 0 Å². The average molecular weight is 265 g/mol. The fraction of sp³-hybridized carbons (Fsp3) is 0.733. The lowest BCUT2D eigenvalue weighted by Crippen LogP contribution is -2.46. The van der Waals surface area contributed by atoms with E-state index in [1.165, 1.54) is 0 Å². The quantitative estimate of drug-likeness (QED) is 0.878. The van der Waals surface area contributed by atoms with Crippen molar-refractivity contribution in [1.82, 2.24) is 15.1 Å². The Morgan fingerprint density at radius 1 is 1.32 bits per heavy atom. The fourth-order valence-electron chi connectivity index (χ4n) is 3.06. The monoisotopic (exact) mass is 265 g/mol. The molecule has 1 aliphatic rings. The smallest absolute Gasteiger partial charge is 0.121 e. The van der Waals surface area contributed by atoms with Crippen molar-refractivity contribution >= 4 is 0 Å². The Labute approximate surface area is 116 Å². The molecule has 0 amide bonds. The summed E-state index contributed by atoms with van der Waals surface area (Å²) in [5, 5.41) is 3.40. The zero-order valence-corrected chi connectivity index (χ0v) is 12.6. The summed E-state index contributed by atoms with van der Waals surface area (Å²) in [4.78, 5) is 4.82. The van der Waals surface area contributed by atoms with Gasteiger partial charge in [-0.2, -0.15) is 0 Å². The second-order valence-corrected chi connectivity index (χ2v) is 5.88. The molecule has 0 bridgehead atoms. The maximum atomic E-state index is 5.84. The molecule has 1 N–H and O–H groups in total. The third-order valence-corrected chi connectivity index (χ3v) is 3.90. The van der Waals surface area contributed by atoms with Gasteiger partial charge < -0.3 is 14.6 Å². The zero-order chi connectivity index (χ0) is 13.8. The molecule has 1 aromatic rings. The van der Waals surface area contributed by atoms with E-state index in [2.05, 4.69) is 48.3 Å². The highest BCUT2D eigenvalue weighted by atomic mass is 16.3. The standard InChI is InChI=1S/C15H27N3O/c1-12(11-18-9-7-16-8-10-18)15(17(3)4)14-6-5-13(2)19-14/h5-6,12,15-16H,7-11H2,1-4H3. The minimum Gasteiger partial charge on any atom is -0.465 e. The summed E-state index contributed by atoms with van der Waals surface area (Å²) in [5.41, 5.74) is 0. The molecule has 0 saturated carbocycles. The van der Waals surface area contributed by atoms with Crippen LogP contribution in [0, 0.1) is 12.8 Å². The number of piperazine rings is 1. The third-order valence-electron chi connectivity index (χ3n) is 3.90. The van der Waals surface area contributed by atoms with Crippen molar-refractivity contribution in [1.29, 1.82) is 0 Å². The summed E-state index contributed by atoms with van der Waals surface area (Å²) < 4.78 is 5.84. The van der Waals surface area contributed by atoms with Gasteiger partial charge in [0.25, 0.3) is 0 Å². The van der Waals surface area contributed by atoms with E-state index < -0.39 is 0 Å². The Bertz CT molecular complexity index is 382. The van der Waals surface area contributed by atoms with Crippen LogP contribution in [0.15, 0.2) is 16.5 Å². The largest absolute Gasteiger partial charge is 0.465 e. The summed E-state index contributed by atoms with van der Waals surface area (Å²) in [5.74, 6) is 2.64. The molecule has 2 atom stereocenters. The van der Waals surface area contributed by atoms with E-state index in [-0.39, 0.29) is 0 Å². The lowest BCUT2D eigenvalue weighted by molar-refractivity contribution is 0.133. The van der Waals surface area contributed by atoms with Crippen LogP contribution in [0.1, 0.15) is 24.5 Å². The molecule has 19 heavy (non-hydrogen) atoms. The molecule has 1 aliphatic heterocycles. The molecule has 0 aliphatic carbocycles. The lowest BCUT2D eigenvalue weighted by Gasteiger charge is -2.34. The van der Waals surface area contributed by atoms with Crippen molar-refractivity contribution in [3.8, 4) is 0 Å². The molecule has 0 radical (unpaired) electrons. The maximum Gasteiger partial charge on any atom is 0.121 e. The van der Waals surface area contributed by atoms with Crippen molar-refractivity contribution in [2.75, 3.05) is 46.8 Å². The van der Waals surface area contributed by atoms with Crippen LogP contribution in [0.3, 0.4) is 0 Å².